The van der Waals surface area contributed by atoms with E-state index in [0.717, 1.165) is 5.52 Å². The Morgan fingerprint density at radius 3 is 2.81 bits per heavy atom. The van der Waals surface area contributed by atoms with E-state index in [1.54, 1.807) is 0 Å². The van der Waals surface area contributed by atoms with Crippen LogP contribution in [0.3, 0.4) is 0 Å². The number of aryl methyl sites for hydroxylation is 1. The zero-order chi connectivity index (χ0) is 18.6. The first-order valence-corrected chi connectivity index (χ1v) is 9.45. The highest BCUT2D eigenvalue weighted by atomic mass is 16.5. The van der Waals surface area contributed by atoms with Gasteiger partial charge in [-0.25, -0.2) is 4.79 Å². The van der Waals surface area contributed by atoms with Gasteiger partial charge in [0.15, 0.2) is 0 Å². The maximum Gasteiger partial charge on any atom is 0.317 e. The number of nitrogens with one attached hydrogen (secondary N) is 2. The molecule has 2 heterocycles. The average molecular weight is 363 g/mol. The number of fused-ring (bicyclic) bond motifs is 1. The van der Waals surface area contributed by atoms with Crippen molar-refractivity contribution in [2.75, 3.05) is 32.8 Å². The number of nitrogens with zero attached hydrogens (tertiary/aromatic N) is 1. The van der Waals surface area contributed by atoms with Gasteiger partial charge in [0.05, 0.1) is 13.2 Å². The smallest absolute Gasteiger partial charge is 0.317 e. The van der Waals surface area contributed by atoms with Crippen LogP contribution in [0.25, 0.3) is 10.9 Å². The normalized spacial score (nSPS) is 15.7. The quantitative estimate of drug-likeness (QED) is 0.743. The molecule has 3 aromatic rings. The maximum absolute atomic E-state index is 12.6. The summed E-state index contributed by atoms with van der Waals surface area (Å²) in [5.74, 6) is 0.0889. The number of amides is 2. The maximum atomic E-state index is 12.6. The number of para-hydroxylation sites is 1. The second-order valence-corrected chi connectivity index (χ2v) is 7.04. The molecule has 1 aliphatic rings. The third-order valence-corrected chi connectivity index (χ3v) is 5.20. The van der Waals surface area contributed by atoms with Crippen LogP contribution in [0.1, 0.15) is 22.6 Å². The highest BCUT2D eigenvalue weighted by Crippen LogP contribution is 2.31. The Labute approximate surface area is 159 Å². The van der Waals surface area contributed by atoms with E-state index >= 15 is 0 Å². The van der Waals surface area contributed by atoms with Crippen molar-refractivity contribution in [3.05, 3.63) is 71.4 Å². The summed E-state index contributed by atoms with van der Waals surface area (Å²) in [6, 6.07) is 16.8. The lowest BCUT2D eigenvalue weighted by molar-refractivity contribution is 0.0532. The van der Waals surface area contributed by atoms with Crippen molar-refractivity contribution in [3.8, 4) is 0 Å². The predicted molar refractivity (Wildman–Crippen MR) is 107 cm³/mol. The molecule has 0 aliphatic carbocycles. The number of hydrogen-bond acceptors (Lipinski definition) is 2. The first kappa shape index (κ1) is 17.6. The largest absolute Gasteiger partial charge is 0.378 e. The molecule has 5 nitrogen and oxygen atoms in total. The van der Waals surface area contributed by atoms with E-state index in [0.29, 0.717) is 32.8 Å². The van der Waals surface area contributed by atoms with Crippen LogP contribution in [0.4, 0.5) is 4.79 Å². The van der Waals surface area contributed by atoms with E-state index in [1.165, 1.54) is 22.1 Å². The molecule has 0 radical (unpaired) electrons. The molecule has 1 unspecified atom stereocenters. The lowest BCUT2D eigenvalue weighted by atomic mass is 9.90. The summed E-state index contributed by atoms with van der Waals surface area (Å²) in [6.07, 6.45) is 2.07. The minimum Gasteiger partial charge on any atom is -0.378 e. The van der Waals surface area contributed by atoms with E-state index in [2.05, 4.69) is 65.9 Å². The molecular formula is C22H25N3O2. The number of hydrogen-bond donors (Lipinski definition) is 2. The molecule has 27 heavy (non-hydrogen) atoms. The Morgan fingerprint density at radius 2 is 2.00 bits per heavy atom. The minimum absolute atomic E-state index is 0.0178. The van der Waals surface area contributed by atoms with Crippen LogP contribution in [-0.2, 0) is 4.74 Å². The van der Waals surface area contributed by atoms with Crippen LogP contribution in [0, 0.1) is 6.92 Å². The van der Waals surface area contributed by atoms with Crippen LogP contribution in [-0.4, -0.2) is 48.8 Å². The fourth-order valence-electron chi connectivity index (χ4n) is 3.74. The van der Waals surface area contributed by atoms with Crippen LogP contribution in [0.15, 0.2) is 54.7 Å². The summed E-state index contributed by atoms with van der Waals surface area (Å²) < 4.78 is 5.34. The topological polar surface area (TPSA) is 57.4 Å². The number of carbonyl (C=O) groups excluding carboxylic acids is 1. The van der Waals surface area contributed by atoms with Crippen molar-refractivity contribution in [1.82, 2.24) is 15.2 Å². The molecule has 2 N–H and O–H groups in total. The first-order chi connectivity index (χ1) is 13.2. The molecular weight excluding hydrogens is 338 g/mol. The van der Waals surface area contributed by atoms with Gasteiger partial charge in [-0.15, -0.1) is 0 Å². The van der Waals surface area contributed by atoms with Gasteiger partial charge >= 0.3 is 6.03 Å². The third-order valence-electron chi connectivity index (χ3n) is 5.20. The van der Waals surface area contributed by atoms with Gasteiger partial charge in [-0.1, -0.05) is 48.0 Å². The van der Waals surface area contributed by atoms with E-state index in [1.807, 2.05) is 11.0 Å². The molecule has 5 heteroatoms. The zero-order valence-corrected chi connectivity index (χ0v) is 15.6. The number of urea groups is 1. The molecule has 4 rings (SSSR count). The Balaban J connectivity index is 1.61. The molecule has 2 amide bonds. The van der Waals surface area contributed by atoms with Crippen molar-refractivity contribution in [1.29, 1.82) is 0 Å². The predicted octanol–water partition coefficient (Wildman–Crippen LogP) is 3.65. The molecule has 0 spiro atoms. The standard InChI is InChI=1S/C22H25N3O2/c1-16-5-4-6-17(13-16)19(14-24-22(26)25-9-11-27-12-10-25)20-15-23-21-8-3-2-7-18(20)21/h2-8,13,15,19,23H,9-12,14H2,1H3,(H,24,26). The van der Waals surface area contributed by atoms with Crippen molar-refractivity contribution >= 4 is 16.9 Å². The monoisotopic (exact) mass is 363 g/mol. The number of benzene rings is 2. The fourth-order valence-corrected chi connectivity index (χ4v) is 3.74. The molecule has 1 aliphatic heterocycles. The summed E-state index contributed by atoms with van der Waals surface area (Å²) in [4.78, 5) is 17.8. The van der Waals surface area contributed by atoms with Crippen LogP contribution >= 0.6 is 0 Å². The lowest BCUT2D eigenvalue weighted by Gasteiger charge is -2.28. The molecule has 1 fully saturated rings. The van der Waals surface area contributed by atoms with Crippen molar-refractivity contribution in [3.63, 3.8) is 0 Å². The van der Waals surface area contributed by atoms with Crippen molar-refractivity contribution in [2.24, 2.45) is 0 Å². The first-order valence-electron chi connectivity index (χ1n) is 9.45. The highest BCUT2D eigenvalue weighted by Gasteiger charge is 2.22. The molecule has 2 aromatic carbocycles. The minimum atomic E-state index is -0.0178. The summed E-state index contributed by atoms with van der Waals surface area (Å²) in [5.41, 5.74) is 4.75. The number of ether oxygens (including phenoxy) is 1. The van der Waals surface area contributed by atoms with Gasteiger partial charge in [-0.05, 0) is 24.1 Å². The molecule has 0 saturated carbocycles. The van der Waals surface area contributed by atoms with Crippen LogP contribution in [0.5, 0.6) is 0 Å². The average Bonchev–Trinajstić information content (AvgIpc) is 3.13. The summed E-state index contributed by atoms with van der Waals surface area (Å²) in [5, 5.41) is 4.34. The van der Waals surface area contributed by atoms with Crippen molar-refractivity contribution < 1.29 is 9.53 Å². The molecule has 1 aromatic heterocycles. The van der Waals surface area contributed by atoms with Gasteiger partial charge in [-0.3, -0.25) is 0 Å². The van der Waals surface area contributed by atoms with Gasteiger partial charge in [0.2, 0.25) is 0 Å². The SMILES string of the molecule is Cc1cccc(C(CNC(=O)N2CCOCC2)c2c[nH]c3ccccc23)c1. The van der Waals surface area contributed by atoms with Crippen molar-refractivity contribution in [2.45, 2.75) is 12.8 Å². The number of aromatic nitrogens is 1. The van der Waals surface area contributed by atoms with Crippen LogP contribution in [0.2, 0.25) is 0 Å². The lowest BCUT2D eigenvalue weighted by Crippen LogP contribution is -2.47. The number of aromatic amines is 1. The van der Waals surface area contributed by atoms with E-state index in [-0.39, 0.29) is 11.9 Å². The second-order valence-electron chi connectivity index (χ2n) is 7.04. The van der Waals surface area contributed by atoms with E-state index in [4.69, 9.17) is 4.74 Å². The zero-order valence-electron chi connectivity index (χ0n) is 15.6. The molecule has 1 atom stereocenters. The van der Waals surface area contributed by atoms with E-state index in [9.17, 15) is 4.79 Å². The number of H-pyrrole nitrogens is 1. The van der Waals surface area contributed by atoms with Gasteiger partial charge in [-0.2, -0.15) is 0 Å². The Hall–Kier alpha value is -2.79. The third kappa shape index (κ3) is 3.83. The van der Waals surface area contributed by atoms with Gasteiger partial charge < -0.3 is 19.9 Å². The second kappa shape index (κ2) is 7.84. The van der Waals surface area contributed by atoms with E-state index < -0.39 is 0 Å². The van der Waals surface area contributed by atoms with Crippen LogP contribution < -0.4 is 5.32 Å². The summed E-state index contributed by atoms with van der Waals surface area (Å²) in [6.45, 7) is 5.17. The molecule has 1 saturated heterocycles. The number of carbonyl (C=O) groups is 1. The fraction of sp³-hybridized carbons (Fsp3) is 0.318. The Bertz CT molecular complexity index is 928. The van der Waals surface area contributed by atoms with Gasteiger partial charge in [0, 0.05) is 42.7 Å². The summed E-state index contributed by atoms with van der Waals surface area (Å²) in [7, 11) is 0. The highest BCUT2D eigenvalue weighted by molar-refractivity contribution is 5.84. The van der Waals surface area contributed by atoms with Gasteiger partial charge in [0.25, 0.3) is 0 Å². The Morgan fingerprint density at radius 1 is 1.19 bits per heavy atom. The molecule has 140 valence electrons. The Kier molecular flexibility index (Phi) is 5.12. The van der Waals surface area contributed by atoms with Gasteiger partial charge in [0.1, 0.15) is 0 Å². The molecule has 0 bridgehead atoms. The number of morpholine rings is 1. The number of rotatable bonds is 4. The summed E-state index contributed by atoms with van der Waals surface area (Å²) >= 11 is 0.